The van der Waals surface area contributed by atoms with Crippen LogP contribution in [-0.4, -0.2) is 34.0 Å². The van der Waals surface area contributed by atoms with Crippen molar-refractivity contribution in [3.05, 3.63) is 11.9 Å². The summed E-state index contributed by atoms with van der Waals surface area (Å²) in [6, 6.07) is 0. The minimum absolute atomic E-state index is 0.0586. The molecule has 1 rings (SSSR count). The van der Waals surface area contributed by atoms with E-state index < -0.39 is 0 Å². The molecule has 0 unspecified atom stereocenters. The predicted molar refractivity (Wildman–Crippen MR) is 51.5 cm³/mol. The minimum atomic E-state index is -0.0586. The third-order valence-electron chi connectivity index (χ3n) is 1.67. The highest BCUT2D eigenvalue weighted by Crippen LogP contribution is 1.92. The van der Waals surface area contributed by atoms with Crippen molar-refractivity contribution in [1.29, 1.82) is 0 Å². The van der Waals surface area contributed by atoms with E-state index in [9.17, 15) is 4.79 Å². The Balaban J connectivity index is 2.46. The van der Waals surface area contributed by atoms with Crippen molar-refractivity contribution in [2.45, 2.75) is 19.9 Å². The normalized spacial score (nSPS) is 10.1. The van der Waals surface area contributed by atoms with Gasteiger partial charge in [0.15, 0.2) is 0 Å². The fraction of sp³-hybridized carbons (Fsp3) is 0.625. The lowest BCUT2D eigenvalue weighted by Gasteiger charge is -2.00. The second-order valence-electron chi connectivity index (χ2n) is 2.90. The Labute approximate surface area is 82.5 Å². The van der Waals surface area contributed by atoms with Crippen LogP contribution < -0.4 is 11.1 Å². The van der Waals surface area contributed by atoms with Gasteiger partial charge in [-0.3, -0.25) is 4.79 Å². The zero-order valence-electron chi connectivity index (χ0n) is 8.23. The van der Waals surface area contributed by atoms with Crippen molar-refractivity contribution < 1.29 is 4.79 Å². The summed E-state index contributed by atoms with van der Waals surface area (Å²) in [5.41, 5.74) is 6.18. The molecule has 0 bridgehead atoms. The molecule has 1 heterocycles. The Bertz CT molecular complexity index is 296. The van der Waals surface area contributed by atoms with Crippen LogP contribution >= 0.6 is 0 Å². The van der Waals surface area contributed by atoms with E-state index in [1.807, 2.05) is 6.92 Å². The Morgan fingerprint density at radius 2 is 2.50 bits per heavy atom. The topological polar surface area (TPSA) is 85.8 Å². The second-order valence-corrected chi connectivity index (χ2v) is 2.90. The molecule has 0 aliphatic carbocycles. The van der Waals surface area contributed by atoms with Gasteiger partial charge in [-0.1, -0.05) is 5.21 Å². The molecule has 0 fully saturated rings. The van der Waals surface area contributed by atoms with Gasteiger partial charge in [0.1, 0.15) is 6.54 Å². The smallest absolute Gasteiger partial charge is 0.241 e. The van der Waals surface area contributed by atoms with Crippen LogP contribution in [0.2, 0.25) is 0 Å². The molecule has 3 N–H and O–H groups in total. The van der Waals surface area contributed by atoms with Crippen molar-refractivity contribution in [2.24, 2.45) is 5.73 Å². The van der Waals surface area contributed by atoms with Gasteiger partial charge in [0.25, 0.3) is 0 Å². The van der Waals surface area contributed by atoms with Crippen molar-refractivity contribution >= 4 is 5.91 Å². The molecule has 0 atom stereocenters. The number of hydrogen-bond donors (Lipinski definition) is 2. The van der Waals surface area contributed by atoms with Crippen LogP contribution in [0.1, 0.15) is 12.6 Å². The first kappa shape index (κ1) is 10.6. The van der Waals surface area contributed by atoms with Crippen molar-refractivity contribution in [3.63, 3.8) is 0 Å². The van der Waals surface area contributed by atoms with Crippen LogP contribution in [0.4, 0.5) is 0 Å². The number of carbonyl (C=O) groups is 1. The Kier molecular flexibility index (Phi) is 4.06. The van der Waals surface area contributed by atoms with Crippen LogP contribution in [0.3, 0.4) is 0 Å². The van der Waals surface area contributed by atoms with Gasteiger partial charge in [-0.15, -0.1) is 5.10 Å². The van der Waals surface area contributed by atoms with E-state index in [0.717, 1.165) is 5.69 Å². The summed E-state index contributed by atoms with van der Waals surface area (Å²) in [4.78, 5) is 11.2. The van der Waals surface area contributed by atoms with Gasteiger partial charge in [0.05, 0.1) is 5.69 Å². The Hall–Kier alpha value is -1.43. The van der Waals surface area contributed by atoms with Crippen LogP contribution in [0.15, 0.2) is 6.20 Å². The average Bonchev–Trinajstić information content (AvgIpc) is 2.53. The van der Waals surface area contributed by atoms with Crippen LogP contribution in [-0.2, 0) is 17.8 Å². The van der Waals surface area contributed by atoms with Crippen molar-refractivity contribution in [3.8, 4) is 0 Å². The van der Waals surface area contributed by atoms with Crippen LogP contribution in [0.25, 0.3) is 0 Å². The van der Waals surface area contributed by atoms with Crippen molar-refractivity contribution in [2.75, 3.05) is 13.1 Å². The number of nitrogens with zero attached hydrogens (tertiary/aromatic N) is 3. The number of nitrogens with one attached hydrogen (secondary N) is 1. The van der Waals surface area contributed by atoms with Gasteiger partial charge in [-0.05, 0) is 13.5 Å². The Morgan fingerprint density at radius 3 is 3.14 bits per heavy atom. The summed E-state index contributed by atoms with van der Waals surface area (Å²) >= 11 is 0. The van der Waals surface area contributed by atoms with Gasteiger partial charge >= 0.3 is 0 Å². The van der Waals surface area contributed by atoms with Gasteiger partial charge in [0, 0.05) is 19.2 Å². The standard InChI is InChI=1S/C8H15N5O/c1-2-10-8(14)6-13-5-7(3-4-9)11-12-13/h5H,2-4,6,9H2,1H3,(H,10,14). The lowest BCUT2D eigenvalue weighted by atomic mass is 10.3. The summed E-state index contributed by atoms with van der Waals surface area (Å²) in [5, 5.41) is 10.4. The average molecular weight is 197 g/mol. The maximum Gasteiger partial charge on any atom is 0.241 e. The largest absolute Gasteiger partial charge is 0.355 e. The highest BCUT2D eigenvalue weighted by molar-refractivity contribution is 5.75. The third-order valence-corrected chi connectivity index (χ3v) is 1.67. The van der Waals surface area contributed by atoms with Gasteiger partial charge in [-0.2, -0.15) is 0 Å². The molecule has 14 heavy (non-hydrogen) atoms. The molecule has 1 aromatic rings. The van der Waals surface area contributed by atoms with E-state index in [1.165, 1.54) is 4.68 Å². The maximum atomic E-state index is 11.2. The molecule has 0 spiro atoms. The highest BCUT2D eigenvalue weighted by Gasteiger charge is 2.03. The lowest BCUT2D eigenvalue weighted by Crippen LogP contribution is -2.27. The molecule has 0 saturated carbocycles. The number of amides is 1. The molecule has 1 amide bonds. The van der Waals surface area contributed by atoms with Crippen molar-refractivity contribution in [1.82, 2.24) is 20.3 Å². The van der Waals surface area contributed by atoms with E-state index in [-0.39, 0.29) is 12.5 Å². The number of hydrogen-bond acceptors (Lipinski definition) is 4. The third kappa shape index (κ3) is 3.14. The Morgan fingerprint density at radius 1 is 1.71 bits per heavy atom. The summed E-state index contributed by atoms with van der Waals surface area (Å²) in [6.45, 7) is 3.26. The predicted octanol–water partition coefficient (Wildman–Crippen LogP) is -1.08. The quantitative estimate of drug-likeness (QED) is 0.628. The lowest BCUT2D eigenvalue weighted by molar-refractivity contribution is -0.121. The van der Waals surface area contributed by atoms with E-state index in [0.29, 0.717) is 19.5 Å². The highest BCUT2D eigenvalue weighted by atomic mass is 16.2. The molecule has 0 saturated heterocycles. The number of rotatable bonds is 5. The van der Waals surface area contributed by atoms with Gasteiger partial charge in [-0.25, -0.2) is 4.68 Å². The molecule has 0 aliphatic heterocycles. The van der Waals surface area contributed by atoms with Crippen LogP contribution in [0.5, 0.6) is 0 Å². The molecular formula is C8H15N5O. The first-order valence-corrected chi connectivity index (χ1v) is 4.62. The molecule has 0 aromatic carbocycles. The first-order chi connectivity index (χ1) is 6.76. The second kappa shape index (κ2) is 5.33. The van der Waals surface area contributed by atoms with E-state index >= 15 is 0 Å². The molecule has 0 radical (unpaired) electrons. The van der Waals surface area contributed by atoms with Gasteiger partial charge in [0.2, 0.25) is 5.91 Å². The molecule has 6 heteroatoms. The zero-order chi connectivity index (χ0) is 10.4. The van der Waals surface area contributed by atoms with Gasteiger partial charge < -0.3 is 11.1 Å². The summed E-state index contributed by atoms with van der Waals surface area (Å²) < 4.78 is 1.51. The molecule has 1 aromatic heterocycles. The van der Waals surface area contributed by atoms with E-state index in [1.54, 1.807) is 6.20 Å². The number of carbonyl (C=O) groups excluding carboxylic acids is 1. The number of likely N-dealkylation sites (N-methyl/N-ethyl adjacent to an activating group) is 1. The zero-order valence-corrected chi connectivity index (χ0v) is 8.23. The van der Waals surface area contributed by atoms with E-state index in [4.69, 9.17) is 5.73 Å². The number of aromatic nitrogens is 3. The van der Waals surface area contributed by atoms with Crippen LogP contribution in [0, 0.1) is 0 Å². The molecule has 6 nitrogen and oxygen atoms in total. The molecule has 0 aliphatic rings. The molecular weight excluding hydrogens is 182 g/mol. The molecule has 78 valence electrons. The summed E-state index contributed by atoms with van der Waals surface area (Å²) in [7, 11) is 0. The SMILES string of the molecule is CCNC(=O)Cn1cc(CCN)nn1. The van der Waals surface area contributed by atoms with E-state index in [2.05, 4.69) is 15.6 Å². The number of nitrogens with two attached hydrogens (primary N) is 1. The fourth-order valence-electron chi connectivity index (χ4n) is 1.08. The summed E-state index contributed by atoms with van der Waals surface area (Å²) in [6.07, 6.45) is 2.43. The first-order valence-electron chi connectivity index (χ1n) is 4.62. The maximum absolute atomic E-state index is 11.2. The fourth-order valence-corrected chi connectivity index (χ4v) is 1.08. The monoisotopic (exact) mass is 197 g/mol. The summed E-state index contributed by atoms with van der Waals surface area (Å²) in [5.74, 6) is -0.0586. The minimum Gasteiger partial charge on any atom is -0.355 e.